The number of ether oxygens (including phenoxy) is 1. The van der Waals surface area contributed by atoms with E-state index in [9.17, 15) is 0 Å². The van der Waals surface area contributed by atoms with Crippen molar-refractivity contribution in [2.24, 2.45) is 0 Å². The molecule has 9 heavy (non-hydrogen) atoms. The summed E-state index contributed by atoms with van der Waals surface area (Å²) >= 11 is 8.76. The average molecular weight is 216 g/mol. The molecule has 0 rings (SSSR count). The summed E-state index contributed by atoms with van der Waals surface area (Å²) in [5, 5.41) is 0.903. The second-order valence-electron chi connectivity index (χ2n) is 1.74. The molecule has 0 spiro atoms. The van der Waals surface area contributed by atoms with Gasteiger partial charge in [0.15, 0.2) is 0 Å². The van der Waals surface area contributed by atoms with Gasteiger partial charge in [-0.15, -0.1) is 11.6 Å². The Morgan fingerprint density at radius 3 is 2.67 bits per heavy atom. The standard InChI is InChI=1S/C6H12BrClO/c1-2-6(5-7)9-4-3-8/h6H,2-5H2,1H3. The molecule has 0 fully saturated rings. The highest BCUT2D eigenvalue weighted by molar-refractivity contribution is 9.09. The summed E-state index contributed by atoms with van der Waals surface area (Å²) in [6, 6.07) is 0. The molecule has 0 radical (unpaired) electrons. The van der Waals surface area contributed by atoms with Crippen LogP contribution in [0.3, 0.4) is 0 Å². The van der Waals surface area contributed by atoms with Gasteiger partial charge in [-0.05, 0) is 6.42 Å². The van der Waals surface area contributed by atoms with E-state index in [1.807, 2.05) is 0 Å². The van der Waals surface area contributed by atoms with Gasteiger partial charge in [0.05, 0.1) is 12.7 Å². The molecule has 0 aromatic rings. The van der Waals surface area contributed by atoms with Gasteiger partial charge < -0.3 is 4.74 Å². The van der Waals surface area contributed by atoms with Crippen molar-refractivity contribution in [2.45, 2.75) is 19.4 Å². The monoisotopic (exact) mass is 214 g/mol. The molecule has 0 aromatic heterocycles. The molecule has 0 aliphatic carbocycles. The fourth-order valence-electron chi connectivity index (χ4n) is 0.483. The zero-order chi connectivity index (χ0) is 7.11. The maximum absolute atomic E-state index is 5.42. The SMILES string of the molecule is CCC(CBr)OCCCl. The van der Waals surface area contributed by atoms with E-state index < -0.39 is 0 Å². The summed E-state index contributed by atoms with van der Waals surface area (Å²) in [7, 11) is 0. The number of alkyl halides is 2. The van der Waals surface area contributed by atoms with Gasteiger partial charge in [0.1, 0.15) is 0 Å². The Hall–Kier alpha value is 0.730. The third-order valence-electron chi connectivity index (χ3n) is 1.06. The Balaban J connectivity index is 3.09. The van der Waals surface area contributed by atoms with Gasteiger partial charge in [0.2, 0.25) is 0 Å². The van der Waals surface area contributed by atoms with E-state index >= 15 is 0 Å². The fraction of sp³-hybridized carbons (Fsp3) is 1.00. The molecule has 0 aliphatic rings. The first-order chi connectivity index (χ1) is 4.35. The van der Waals surface area contributed by atoms with Crippen LogP contribution in [-0.2, 0) is 4.74 Å². The Labute approximate surface area is 69.8 Å². The number of halogens is 2. The third-order valence-corrected chi connectivity index (χ3v) is 1.93. The maximum Gasteiger partial charge on any atom is 0.0669 e. The number of hydrogen-bond donors (Lipinski definition) is 0. The topological polar surface area (TPSA) is 9.23 Å². The van der Waals surface area contributed by atoms with E-state index in [0.29, 0.717) is 18.6 Å². The van der Waals surface area contributed by atoms with Gasteiger partial charge >= 0.3 is 0 Å². The Morgan fingerprint density at radius 2 is 2.33 bits per heavy atom. The van der Waals surface area contributed by atoms with Crippen LogP contribution in [-0.4, -0.2) is 23.9 Å². The van der Waals surface area contributed by atoms with Crippen LogP contribution in [0.15, 0.2) is 0 Å². The molecule has 1 nitrogen and oxygen atoms in total. The van der Waals surface area contributed by atoms with Gasteiger partial charge in [-0.3, -0.25) is 0 Å². The van der Waals surface area contributed by atoms with Crippen molar-refractivity contribution >= 4 is 27.5 Å². The molecule has 1 unspecified atom stereocenters. The first kappa shape index (κ1) is 9.73. The Morgan fingerprint density at radius 1 is 1.67 bits per heavy atom. The van der Waals surface area contributed by atoms with Crippen molar-refractivity contribution < 1.29 is 4.74 Å². The van der Waals surface area contributed by atoms with Crippen molar-refractivity contribution in [3.05, 3.63) is 0 Å². The van der Waals surface area contributed by atoms with Crippen LogP contribution in [0.25, 0.3) is 0 Å². The van der Waals surface area contributed by atoms with E-state index in [1.54, 1.807) is 0 Å². The average Bonchev–Trinajstić information content (AvgIpc) is 1.91. The highest BCUT2D eigenvalue weighted by atomic mass is 79.9. The fourth-order valence-corrected chi connectivity index (χ4v) is 1.22. The second kappa shape index (κ2) is 6.84. The Bertz CT molecular complexity index is 57.0. The maximum atomic E-state index is 5.42. The molecule has 1 atom stereocenters. The van der Waals surface area contributed by atoms with Gasteiger partial charge in [0.25, 0.3) is 0 Å². The highest BCUT2D eigenvalue weighted by Crippen LogP contribution is 2.01. The number of hydrogen-bond acceptors (Lipinski definition) is 1. The zero-order valence-electron chi connectivity index (χ0n) is 5.57. The lowest BCUT2D eigenvalue weighted by Crippen LogP contribution is -2.14. The molecule has 0 saturated carbocycles. The molecule has 0 aromatic carbocycles. The third kappa shape index (κ3) is 5.19. The van der Waals surface area contributed by atoms with E-state index in [-0.39, 0.29) is 0 Å². The highest BCUT2D eigenvalue weighted by Gasteiger charge is 2.01. The molecule has 0 bridgehead atoms. The van der Waals surface area contributed by atoms with Crippen LogP contribution in [0, 0.1) is 0 Å². The van der Waals surface area contributed by atoms with Gasteiger partial charge in [0, 0.05) is 11.2 Å². The number of rotatable bonds is 5. The first-order valence-corrected chi connectivity index (χ1v) is 4.74. The van der Waals surface area contributed by atoms with Crippen LogP contribution < -0.4 is 0 Å². The van der Waals surface area contributed by atoms with E-state index in [0.717, 1.165) is 11.8 Å². The van der Waals surface area contributed by atoms with Crippen LogP contribution in [0.5, 0.6) is 0 Å². The summed E-state index contributed by atoms with van der Waals surface area (Å²) < 4.78 is 5.31. The smallest absolute Gasteiger partial charge is 0.0669 e. The van der Waals surface area contributed by atoms with Gasteiger partial charge in [-0.2, -0.15) is 0 Å². The Kier molecular flexibility index (Phi) is 7.40. The van der Waals surface area contributed by atoms with Crippen LogP contribution in [0.4, 0.5) is 0 Å². The quantitative estimate of drug-likeness (QED) is 0.640. The summed E-state index contributed by atoms with van der Waals surface area (Å²) in [5.74, 6) is 0.587. The summed E-state index contributed by atoms with van der Waals surface area (Å²) in [6.45, 7) is 2.76. The van der Waals surface area contributed by atoms with Gasteiger partial charge in [-0.25, -0.2) is 0 Å². The van der Waals surface area contributed by atoms with Crippen molar-refractivity contribution in [1.29, 1.82) is 0 Å². The molecule has 0 aliphatic heterocycles. The molecular weight excluding hydrogens is 203 g/mol. The molecular formula is C6H12BrClO. The largest absolute Gasteiger partial charge is 0.376 e. The van der Waals surface area contributed by atoms with Crippen molar-refractivity contribution in [3.8, 4) is 0 Å². The van der Waals surface area contributed by atoms with Gasteiger partial charge in [-0.1, -0.05) is 22.9 Å². The van der Waals surface area contributed by atoms with E-state index in [1.165, 1.54) is 0 Å². The summed E-state index contributed by atoms with van der Waals surface area (Å²) in [6.07, 6.45) is 1.38. The van der Waals surface area contributed by atoms with E-state index in [4.69, 9.17) is 16.3 Å². The predicted molar refractivity (Wildman–Crippen MR) is 44.5 cm³/mol. The zero-order valence-corrected chi connectivity index (χ0v) is 7.91. The van der Waals surface area contributed by atoms with Crippen molar-refractivity contribution in [2.75, 3.05) is 17.8 Å². The molecule has 0 amide bonds. The lowest BCUT2D eigenvalue weighted by molar-refractivity contribution is 0.0795. The summed E-state index contributed by atoms with van der Waals surface area (Å²) in [4.78, 5) is 0. The van der Waals surface area contributed by atoms with E-state index in [2.05, 4.69) is 22.9 Å². The van der Waals surface area contributed by atoms with Crippen molar-refractivity contribution in [1.82, 2.24) is 0 Å². The molecule has 3 heteroatoms. The lowest BCUT2D eigenvalue weighted by atomic mass is 10.3. The normalized spacial score (nSPS) is 13.7. The molecule has 0 N–H and O–H groups in total. The van der Waals surface area contributed by atoms with Crippen LogP contribution in [0.1, 0.15) is 13.3 Å². The second-order valence-corrected chi connectivity index (χ2v) is 2.77. The minimum atomic E-state index is 0.337. The lowest BCUT2D eigenvalue weighted by Gasteiger charge is -2.10. The minimum Gasteiger partial charge on any atom is -0.376 e. The van der Waals surface area contributed by atoms with Crippen LogP contribution in [0.2, 0.25) is 0 Å². The molecule has 0 heterocycles. The predicted octanol–water partition coefficient (Wildman–Crippen LogP) is 2.42. The van der Waals surface area contributed by atoms with Crippen molar-refractivity contribution in [3.63, 3.8) is 0 Å². The minimum absolute atomic E-state index is 0.337. The van der Waals surface area contributed by atoms with Crippen LogP contribution >= 0.6 is 27.5 Å². The summed E-state index contributed by atoms with van der Waals surface area (Å²) in [5.41, 5.74) is 0. The first-order valence-electron chi connectivity index (χ1n) is 3.08. The molecule has 0 saturated heterocycles. The molecule has 56 valence electrons.